The fourth-order valence-electron chi connectivity index (χ4n) is 1.03. The second-order valence-electron chi connectivity index (χ2n) is 3.08. The summed E-state index contributed by atoms with van der Waals surface area (Å²) in [5.41, 5.74) is 0. The van der Waals surface area contributed by atoms with E-state index in [1.54, 1.807) is 0 Å². The number of rotatable bonds is 5. The van der Waals surface area contributed by atoms with Crippen LogP contribution in [-0.2, 0) is 19.1 Å². The molecular weight excluding hydrogens is 347 g/mol. The Kier molecular flexibility index (Phi) is 6.27. The molecule has 0 N–H and O–H groups in total. The predicted molar refractivity (Wildman–Crippen MR) is 77.3 cm³/mol. The summed E-state index contributed by atoms with van der Waals surface area (Å²) in [7, 11) is 1.25. The fraction of sp³-hybridized carbons (Fsp3) is 0.154. The lowest BCUT2D eigenvalue weighted by molar-refractivity contribution is -0.138. The molecule has 4 nitrogen and oxygen atoms in total. The van der Waals surface area contributed by atoms with Crippen LogP contribution < -0.4 is 0 Å². The highest BCUT2D eigenvalue weighted by atomic mass is 127. The minimum atomic E-state index is -0.911. The van der Waals surface area contributed by atoms with E-state index in [0.717, 1.165) is 3.57 Å². The lowest BCUT2D eigenvalue weighted by atomic mass is 10.4. The van der Waals surface area contributed by atoms with Crippen molar-refractivity contribution >= 4 is 36.2 Å². The molecule has 1 rings (SSSR count). The molecule has 0 amide bonds. The zero-order chi connectivity index (χ0) is 13.4. The molecule has 0 bridgehead atoms. The van der Waals surface area contributed by atoms with Gasteiger partial charge in [-0.1, -0.05) is 51.6 Å². The molecule has 0 aliphatic heterocycles. The first-order valence-electron chi connectivity index (χ1n) is 5.12. The number of benzene rings is 1. The number of hydrogen-bond donors (Lipinski definition) is 0. The van der Waals surface area contributed by atoms with Gasteiger partial charge in [0, 0.05) is 3.57 Å². The summed E-state index contributed by atoms with van der Waals surface area (Å²) in [4.78, 5) is 23.3. The molecule has 96 valence electrons. The molecule has 0 fully saturated rings. The maximum atomic E-state index is 11.7. The third-order valence-corrected chi connectivity index (χ3v) is 4.57. The summed E-state index contributed by atoms with van der Waals surface area (Å²) in [5, 5.41) is 0. The fourth-order valence-corrected chi connectivity index (χ4v) is 3.25. The van der Waals surface area contributed by atoms with Crippen molar-refractivity contribution in [2.75, 3.05) is 13.7 Å². The monoisotopic (exact) mass is 360 g/mol. The molecule has 0 radical (unpaired) electrons. The molecule has 0 spiro atoms. The Balaban J connectivity index is 2.98. The average molecular weight is 360 g/mol. The summed E-state index contributed by atoms with van der Waals surface area (Å²) < 4.78 is 10.5. The van der Waals surface area contributed by atoms with Crippen LogP contribution in [-0.4, -0.2) is 29.2 Å². The van der Waals surface area contributed by atoms with Gasteiger partial charge in [-0.15, -0.1) is 0 Å². The van der Waals surface area contributed by atoms with Gasteiger partial charge in [-0.05, 0) is 12.1 Å². The number of carbonyl (C=O) groups excluding carboxylic acids is 2. The number of methoxy groups -OCH3 is 1. The van der Waals surface area contributed by atoms with E-state index < -0.39 is 32.7 Å². The highest BCUT2D eigenvalue weighted by Gasteiger charge is 2.21. The van der Waals surface area contributed by atoms with Crippen molar-refractivity contribution in [2.45, 2.75) is 0 Å². The van der Waals surface area contributed by atoms with Crippen LogP contribution in [0.3, 0.4) is 0 Å². The van der Waals surface area contributed by atoms with Gasteiger partial charge in [0.25, 0.3) is 0 Å². The summed E-state index contributed by atoms with van der Waals surface area (Å²) in [6.07, 6.45) is 1.45. The zero-order valence-electron chi connectivity index (χ0n) is 9.89. The van der Waals surface area contributed by atoms with Crippen LogP contribution in [0.4, 0.5) is 0 Å². The lowest BCUT2D eigenvalue weighted by Crippen LogP contribution is -2.25. The molecule has 0 aliphatic carbocycles. The molecular formula is C13H13IO4. The molecule has 0 heterocycles. The Hall–Kier alpha value is -1.50. The van der Waals surface area contributed by atoms with Gasteiger partial charge >= 0.3 is 11.9 Å². The maximum Gasteiger partial charge on any atom is 0.351 e. The van der Waals surface area contributed by atoms with Gasteiger partial charge in [0.1, 0.15) is 6.61 Å². The molecule has 0 aromatic heterocycles. The first-order chi connectivity index (χ1) is 8.69. The van der Waals surface area contributed by atoms with E-state index in [0.29, 0.717) is 0 Å². The molecule has 0 saturated heterocycles. The minimum absolute atomic E-state index is 0.0812. The first-order valence-corrected chi connectivity index (χ1v) is 7.28. The molecule has 0 unspecified atom stereocenters. The number of esters is 2. The molecule has 1 aromatic rings. The number of hydrogen-bond acceptors (Lipinski definition) is 4. The topological polar surface area (TPSA) is 52.6 Å². The van der Waals surface area contributed by atoms with Crippen LogP contribution in [0.2, 0.25) is 0 Å². The van der Waals surface area contributed by atoms with Crippen molar-refractivity contribution in [3.05, 3.63) is 46.6 Å². The molecule has 18 heavy (non-hydrogen) atoms. The first kappa shape index (κ1) is 14.6. The van der Waals surface area contributed by atoms with Crippen molar-refractivity contribution in [1.82, 2.24) is 0 Å². The van der Waals surface area contributed by atoms with Gasteiger partial charge in [-0.2, -0.15) is 0 Å². The van der Waals surface area contributed by atoms with E-state index in [9.17, 15) is 9.59 Å². The second kappa shape index (κ2) is 7.75. The van der Waals surface area contributed by atoms with Gasteiger partial charge in [0.15, 0.2) is 3.51 Å². The van der Waals surface area contributed by atoms with E-state index in [1.165, 1.54) is 13.2 Å². The molecule has 0 saturated carbocycles. The van der Waals surface area contributed by atoms with E-state index in [2.05, 4.69) is 11.3 Å². The Morgan fingerprint density at radius 1 is 1.28 bits per heavy atom. The van der Waals surface area contributed by atoms with Crippen molar-refractivity contribution in [3.8, 4) is 0 Å². The predicted octanol–water partition coefficient (Wildman–Crippen LogP) is 1.90. The van der Waals surface area contributed by atoms with Crippen LogP contribution in [0.15, 0.2) is 43.0 Å². The van der Waals surface area contributed by atoms with E-state index >= 15 is 0 Å². The van der Waals surface area contributed by atoms with Gasteiger partial charge in [0.05, 0.1) is 7.11 Å². The lowest BCUT2D eigenvalue weighted by Gasteiger charge is -2.04. The third kappa shape index (κ3) is 4.40. The van der Waals surface area contributed by atoms with Gasteiger partial charge in [-0.25, -0.2) is 9.59 Å². The zero-order valence-corrected chi connectivity index (χ0v) is 12.0. The van der Waals surface area contributed by atoms with Crippen molar-refractivity contribution in [1.29, 1.82) is 0 Å². The molecule has 0 atom stereocenters. The van der Waals surface area contributed by atoms with E-state index in [1.807, 2.05) is 30.3 Å². The quantitative estimate of drug-likeness (QED) is 0.348. The Morgan fingerprint density at radius 2 is 1.94 bits per heavy atom. The Morgan fingerprint density at radius 3 is 2.50 bits per heavy atom. The normalized spacial score (nSPS) is 11.1. The summed E-state index contributed by atoms with van der Waals surface area (Å²) >= 11 is -0.911. The van der Waals surface area contributed by atoms with Gasteiger partial charge in [-0.3, -0.25) is 0 Å². The van der Waals surface area contributed by atoms with Crippen LogP contribution in [0, 0.1) is 3.57 Å². The van der Waals surface area contributed by atoms with Gasteiger partial charge in [0.2, 0.25) is 0 Å². The highest BCUT2D eigenvalue weighted by molar-refractivity contribution is 14.2. The van der Waals surface area contributed by atoms with Crippen molar-refractivity contribution < 1.29 is 19.1 Å². The van der Waals surface area contributed by atoms with E-state index in [4.69, 9.17) is 4.74 Å². The maximum absolute atomic E-state index is 11.7. The van der Waals surface area contributed by atoms with E-state index in [-0.39, 0.29) is 10.1 Å². The molecule has 1 aromatic carbocycles. The van der Waals surface area contributed by atoms with Crippen LogP contribution in [0.5, 0.6) is 0 Å². The summed E-state index contributed by atoms with van der Waals surface area (Å²) in [6.45, 7) is 3.53. The molecule has 0 aliphatic rings. The average Bonchev–Trinajstić information content (AvgIpc) is 2.42. The number of carbonyl (C=O) groups is 2. The van der Waals surface area contributed by atoms with Gasteiger partial charge < -0.3 is 9.47 Å². The van der Waals surface area contributed by atoms with Crippen molar-refractivity contribution in [2.24, 2.45) is 0 Å². The third-order valence-electron chi connectivity index (χ3n) is 1.81. The smallest absolute Gasteiger partial charge is 0.351 e. The Labute approximate surface area is 115 Å². The summed E-state index contributed by atoms with van der Waals surface area (Å²) in [6, 6.07) is 9.34. The van der Waals surface area contributed by atoms with Crippen LogP contribution in [0.25, 0.3) is 0 Å². The SMILES string of the molecule is C=CCOC(=O)C(=Ic1ccccc1)C(=O)OC. The molecule has 5 heteroatoms. The van der Waals surface area contributed by atoms with Crippen molar-refractivity contribution in [3.63, 3.8) is 0 Å². The van der Waals surface area contributed by atoms with Crippen LogP contribution >= 0.6 is 20.7 Å². The van der Waals surface area contributed by atoms with Crippen LogP contribution in [0.1, 0.15) is 0 Å². The standard InChI is InChI=1S/C13H13IO4/c1-3-9-18-13(16)11(12(15)17-2)14-10-7-5-4-6-8-10/h3-8H,1,9H2,2H3. The summed E-state index contributed by atoms with van der Waals surface area (Å²) in [5.74, 6) is -1.25. The largest absolute Gasteiger partial charge is 0.465 e. The Bertz CT molecular complexity index is 465. The number of ether oxygens (including phenoxy) is 2. The second-order valence-corrected chi connectivity index (χ2v) is 5.95. The highest BCUT2D eigenvalue weighted by Crippen LogP contribution is 2.14. The minimum Gasteiger partial charge on any atom is -0.465 e. The number of halogens is 1.